The molecule has 2 heterocycles. The number of aromatic nitrogens is 1. The van der Waals surface area contributed by atoms with Crippen molar-refractivity contribution in [3.8, 4) is 0 Å². The number of nitrogens with zero attached hydrogens (tertiary/aromatic N) is 1. The van der Waals surface area contributed by atoms with Crippen LogP contribution < -0.4 is 10.6 Å². The molecule has 92 valence electrons. The topological polar surface area (TPSA) is 54.0 Å². The molecule has 4 heteroatoms. The summed E-state index contributed by atoms with van der Waals surface area (Å²) in [6.07, 6.45) is 3.48. The predicted molar refractivity (Wildman–Crippen MR) is 67.8 cm³/mol. The SMILES string of the molecule is CCC1(C(=O)Nc2cc(C)ccn2)CCNC1. The van der Waals surface area contributed by atoms with Gasteiger partial charge >= 0.3 is 0 Å². The van der Waals surface area contributed by atoms with Crippen LogP contribution in [-0.4, -0.2) is 24.0 Å². The first-order valence-electron chi connectivity index (χ1n) is 6.11. The van der Waals surface area contributed by atoms with Gasteiger partial charge in [-0.1, -0.05) is 6.92 Å². The molecule has 1 atom stereocenters. The Labute approximate surface area is 102 Å². The van der Waals surface area contributed by atoms with Gasteiger partial charge in [-0.2, -0.15) is 0 Å². The molecule has 1 unspecified atom stereocenters. The molecule has 0 aliphatic carbocycles. The summed E-state index contributed by atoms with van der Waals surface area (Å²) in [6.45, 7) is 5.74. The van der Waals surface area contributed by atoms with Gasteiger partial charge in [0.25, 0.3) is 0 Å². The highest BCUT2D eigenvalue weighted by molar-refractivity contribution is 5.95. The van der Waals surface area contributed by atoms with E-state index in [-0.39, 0.29) is 11.3 Å². The fourth-order valence-corrected chi connectivity index (χ4v) is 2.25. The van der Waals surface area contributed by atoms with E-state index >= 15 is 0 Å². The van der Waals surface area contributed by atoms with Crippen LogP contribution in [0, 0.1) is 12.3 Å². The third-order valence-electron chi connectivity index (χ3n) is 3.56. The molecule has 2 rings (SSSR count). The van der Waals surface area contributed by atoms with E-state index < -0.39 is 0 Å². The number of hydrogen-bond donors (Lipinski definition) is 2. The van der Waals surface area contributed by atoms with Crippen molar-refractivity contribution in [2.45, 2.75) is 26.7 Å². The number of amides is 1. The number of carbonyl (C=O) groups excluding carboxylic acids is 1. The Morgan fingerprint density at radius 2 is 2.47 bits per heavy atom. The molecule has 1 amide bonds. The zero-order valence-electron chi connectivity index (χ0n) is 10.4. The highest BCUT2D eigenvalue weighted by Gasteiger charge is 2.39. The fourth-order valence-electron chi connectivity index (χ4n) is 2.25. The molecule has 1 saturated heterocycles. The first-order valence-corrected chi connectivity index (χ1v) is 6.11. The van der Waals surface area contributed by atoms with Crippen LogP contribution in [-0.2, 0) is 4.79 Å². The number of hydrogen-bond acceptors (Lipinski definition) is 3. The van der Waals surface area contributed by atoms with Crippen molar-refractivity contribution in [1.82, 2.24) is 10.3 Å². The van der Waals surface area contributed by atoms with E-state index in [1.807, 2.05) is 19.1 Å². The Balaban J connectivity index is 2.10. The Morgan fingerprint density at radius 3 is 3.06 bits per heavy atom. The molecular formula is C13H19N3O. The summed E-state index contributed by atoms with van der Waals surface area (Å²) >= 11 is 0. The second kappa shape index (κ2) is 4.84. The molecule has 0 bridgehead atoms. The highest BCUT2D eigenvalue weighted by atomic mass is 16.2. The Morgan fingerprint density at radius 1 is 1.65 bits per heavy atom. The van der Waals surface area contributed by atoms with Gasteiger partial charge in [-0.15, -0.1) is 0 Å². The zero-order chi connectivity index (χ0) is 12.3. The molecule has 2 N–H and O–H groups in total. The molecule has 1 fully saturated rings. The fraction of sp³-hybridized carbons (Fsp3) is 0.538. The molecule has 1 aliphatic heterocycles. The molecular weight excluding hydrogens is 214 g/mol. The molecule has 1 aromatic heterocycles. The van der Waals surface area contributed by atoms with Crippen LogP contribution in [0.3, 0.4) is 0 Å². The number of carbonyl (C=O) groups is 1. The van der Waals surface area contributed by atoms with E-state index in [1.165, 1.54) is 0 Å². The lowest BCUT2D eigenvalue weighted by molar-refractivity contribution is -0.124. The van der Waals surface area contributed by atoms with Gasteiger partial charge in [-0.3, -0.25) is 4.79 Å². The number of nitrogens with one attached hydrogen (secondary N) is 2. The van der Waals surface area contributed by atoms with Crippen LogP contribution in [0.15, 0.2) is 18.3 Å². The summed E-state index contributed by atoms with van der Waals surface area (Å²) in [7, 11) is 0. The van der Waals surface area contributed by atoms with Crippen molar-refractivity contribution in [1.29, 1.82) is 0 Å². The minimum Gasteiger partial charge on any atom is -0.316 e. The maximum atomic E-state index is 12.3. The monoisotopic (exact) mass is 233 g/mol. The van der Waals surface area contributed by atoms with E-state index in [1.54, 1.807) is 6.20 Å². The first kappa shape index (κ1) is 12.0. The second-order valence-electron chi connectivity index (χ2n) is 4.73. The van der Waals surface area contributed by atoms with Gasteiger partial charge in [0.2, 0.25) is 5.91 Å². The molecule has 4 nitrogen and oxygen atoms in total. The van der Waals surface area contributed by atoms with Crippen LogP contribution in [0.5, 0.6) is 0 Å². The van der Waals surface area contributed by atoms with Gasteiger partial charge < -0.3 is 10.6 Å². The third kappa shape index (κ3) is 2.47. The second-order valence-corrected chi connectivity index (χ2v) is 4.73. The van der Waals surface area contributed by atoms with Crippen molar-refractivity contribution < 1.29 is 4.79 Å². The third-order valence-corrected chi connectivity index (χ3v) is 3.56. The van der Waals surface area contributed by atoms with Gasteiger partial charge in [0.1, 0.15) is 5.82 Å². The van der Waals surface area contributed by atoms with Crippen molar-refractivity contribution in [2.24, 2.45) is 5.41 Å². The molecule has 0 aromatic carbocycles. The maximum absolute atomic E-state index is 12.3. The largest absolute Gasteiger partial charge is 0.316 e. The lowest BCUT2D eigenvalue weighted by Gasteiger charge is -2.24. The Hall–Kier alpha value is -1.42. The summed E-state index contributed by atoms with van der Waals surface area (Å²) in [5.74, 6) is 0.734. The maximum Gasteiger partial charge on any atom is 0.233 e. The minimum atomic E-state index is -0.259. The van der Waals surface area contributed by atoms with Crippen molar-refractivity contribution in [2.75, 3.05) is 18.4 Å². The average molecular weight is 233 g/mol. The van der Waals surface area contributed by atoms with Gasteiger partial charge in [0.15, 0.2) is 0 Å². The number of anilines is 1. The summed E-state index contributed by atoms with van der Waals surface area (Å²) in [5.41, 5.74) is 0.844. The summed E-state index contributed by atoms with van der Waals surface area (Å²) in [6, 6.07) is 3.81. The summed E-state index contributed by atoms with van der Waals surface area (Å²) in [5, 5.41) is 6.19. The lowest BCUT2D eigenvalue weighted by atomic mass is 9.83. The van der Waals surface area contributed by atoms with Crippen molar-refractivity contribution in [3.63, 3.8) is 0 Å². The minimum absolute atomic E-state index is 0.0862. The van der Waals surface area contributed by atoms with Crippen LogP contribution in [0.25, 0.3) is 0 Å². The molecule has 1 aliphatic rings. The van der Waals surface area contributed by atoms with Gasteiger partial charge in [0, 0.05) is 12.7 Å². The number of pyridine rings is 1. The summed E-state index contributed by atoms with van der Waals surface area (Å²) in [4.78, 5) is 16.5. The number of rotatable bonds is 3. The highest BCUT2D eigenvalue weighted by Crippen LogP contribution is 2.30. The molecule has 1 aromatic rings. The normalized spacial score (nSPS) is 23.6. The van der Waals surface area contributed by atoms with Gasteiger partial charge in [-0.25, -0.2) is 4.98 Å². The van der Waals surface area contributed by atoms with Gasteiger partial charge in [-0.05, 0) is 44.0 Å². The van der Waals surface area contributed by atoms with E-state index in [2.05, 4.69) is 22.5 Å². The van der Waals surface area contributed by atoms with Crippen LogP contribution in [0.2, 0.25) is 0 Å². The zero-order valence-corrected chi connectivity index (χ0v) is 10.4. The van der Waals surface area contributed by atoms with E-state index in [9.17, 15) is 4.79 Å². The molecule has 17 heavy (non-hydrogen) atoms. The first-order chi connectivity index (χ1) is 8.16. The van der Waals surface area contributed by atoms with Crippen molar-refractivity contribution in [3.05, 3.63) is 23.9 Å². The molecule has 0 radical (unpaired) electrons. The van der Waals surface area contributed by atoms with Gasteiger partial charge in [0.05, 0.1) is 5.41 Å². The smallest absolute Gasteiger partial charge is 0.233 e. The van der Waals surface area contributed by atoms with E-state index in [0.717, 1.165) is 31.5 Å². The van der Waals surface area contributed by atoms with Crippen LogP contribution in [0.1, 0.15) is 25.3 Å². The standard InChI is InChI=1S/C13H19N3O/c1-3-13(5-7-14-9-13)12(17)16-11-8-10(2)4-6-15-11/h4,6,8,14H,3,5,7,9H2,1-2H3,(H,15,16,17). The average Bonchev–Trinajstić information content (AvgIpc) is 2.78. The van der Waals surface area contributed by atoms with E-state index in [0.29, 0.717) is 5.82 Å². The Bertz CT molecular complexity index is 411. The van der Waals surface area contributed by atoms with Crippen LogP contribution >= 0.6 is 0 Å². The molecule has 0 spiro atoms. The predicted octanol–water partition coefficient (Wildman–Crippen LogP) is 1.72. The molecule has 0 saturated carbocycles. The Kier molecular flexibility index (Phi) is 3.43. The quantitative estimate of drug-likeness (QED) is 0.835. The summed E-state index contributed by atoms with van der Waals surface area (Å²) < 4.78 is 0. The number of aryl methyl sites for hydroxylation is 1. The van der Waals surface area contributed by atoms with Crippen molar-refractivity contribution >= 4 is 11.7 Å². The lowest BCUT2D eigenvalue weighted by Crippen LogP contribution is -2.37. The van der Waals surface area contributed by atoms with Crippen LogP contribution in [0.4, 0.5) is 5.82 Å². The van der Waals surface area contributed by atoms with E-state index in [4.69, 9.17) is 0 Å².